The van der Waals surface area contributed by atoms with Crippen molar-refractivity contribution in [2.45, 2.75) is 0 Å². The molecular formula is CH3CaNaO2. The number of rotatable bonds is 0. The first-order valence-electron chi connectivity index (χ1n) is 0.408. The van der Waals surface area contributed by atoms with Crippen molar-refractivity contribution in [3.63, 3.8) is 0 Å². The summed E-state index contributed by atoms with van der Waals surface area (Å²) in [5, 5.41) is 0. The SMILES string of the molecule is O=C=O.[Ca+2].[H-].[H-].[H-].[Na+]. The van der Waals surface area contributed by atoms with Gasteiger partial charge >= 0.3 is 73.4 Å². The third kappa shape index (κ3) is 27.8. The van der Waals surface area contributed by atoms with Gasteiger partial charge in [0.2, 0.25) is 0 Å². The van der Waals surface area contributed by atoms with E-state index in [-0.39, 0.29) is 77.7 Å². The molecule has 0 aliphatic carbocycles. The van der Waals surface area contributed by atoms with Gasteiger partial charge in [0.15, 0.2) is 0 Å². The van der Waals surface area contributed by atoms with Crippen molar-refractivity contribution in [1.82, 2.24) is 0 Å². The summed E-state index contributed by atoms with van der Waals surface area (Å²) < 4.78 is 0. The van der Waals surface area contributed by atoms with Gasteiger partial charge in [-0.25, -0.2) is 0 Å². The Kier molecular flexibility index (Phi) is 55.5. The van der Waals surface area contributed by atoms with Gasteiger partial charge in [-0.3, -0.25) is 0 Å². The minimum absolute atomic E-state index is 0. The van der Waals surface area contributed by atoms with E-state index in [2.05, 4.69) is 0 Å². The van der Waals surface area contributed by atoms with Gasteiger partial charge in [0.05, 0.1) is 0 Å². The van der Waals surface area contributed by atoms with Crippen molar-refractivity contribution < 1.29 is 43.4 Å². The normalized spacial score (nSPS) is 1.60. The predicted octanol–water partition coefficient (Wildman–Crippen LogP) is -3.62. The smallest absolute Gasteiger partial charge is 1.00 e. The van der Waals surface area contributed by atoms with E-state index < -0.39 is 0 Å². The molecule has 0 rings (SSSR count). The van der Waals surface area contributed by atoms with E-state index in [9.17, 15) is 0 Å². The van der Waals surface area contributed by atoms with Crippen molar-refractivity contribution in [3.8, 4) is 0 Å². The topological polar surface area (TPSA) is 34.1 Å². The zero-order valence-electron chi connectivity index (χ0n) is 6.02. The van der Waals surface area contributed by atoms with Crippen LogP contribution in [0.1, 0.15) is 4.28 Å². The van der Waals surface area contributed by atoms with Crippen molar-refractivity contribution in [1.29, 1.82) is 0 Å². The van der Waals surface area contributed by atoms with Crippen LogP contribution in [0.2, 0.25) is 0 Å². The molecule has 0 heterocycles. The summed E-state index contributed by atoms with van der Waals surface area (Å²) in [6.07, 6.45) is 0.250. The van der Waals surface area contributed by atoms with Crippen LogP contribution in [0.15, 0.2) is 0 Å². The first kappa shape index (κ1) is 15.9. The molecule has 0 aromatic rings. The molecule has 0 spiro atoms. The molecule has 0 fully saturated rings. The average molecular weight is 110 g/mol. The van der Waals surface area contributed by atoms with E-state index in [1.165, 1.54) is 0 Å². The average Bonchev–Trinajstić information content (AvgIpc) is 0.918. The van der Waals surface area contributed by atoms with E-state index >= 15 is 0 Å². The molecular weight excluding hydrogens is 107 g/mol. The van der Waals surface area contributed by atoms with E-state index in [0.29, 0.717) is 0 Å². The fourth-order valence-electron chi connectivity index (χ4n) is 0. The summed E-state index contributed by atoms with van der Waals surface area (Å²) in [6, 6.07) is 0. The van der Waals surface area contributed by atoms with Gasteiger partial charge in [-0.15, -0.1) is 0 Å². The Bertz CT molecular complexity index is 38.3. The molecule has 0 bridgehead atoms. The van der Waals surface area contributed by atoms with Crippen LogP contribution in [0, 0.1) is 0 Å². The van der Waals surface area contributed by atoms with Crippen LogP contribution in [0.5, 0.6) is 0 Å². The summed E-state index contributed by atoms with van der Waals surface area (Å²) in [5.41, 5.74) is 0. The summed E-state index contributed by atoms with van der Waals surface area (Å²) in [4.78, 5) is 16.2. The maximum absolute atomic E-state index is 8.12. The van der Waals surface area contributed by atoms with Gasteiger partial charge in [-0.2, -0.15) is 9.59 Å². The Morgan fingerprint density at radius 2 is 1.40 bits per heavy atom. The quantitative estimate of drug-likeness (QED) is 0.302. The van der Waals surface area contributed by atoms with Crippen LogP contribution in [0.4, 0.5) is 0 Å². The molecule has 4 heteroatoms. The van der Waals surface area contributed by atoms with Crippen LogP contribution in [-0.2, 0) is 9.59 Å². The Morgan fingerprint density at radius 3 is 1.40 bits per heavy atom. The monoisotopic (exact) mass is 110 g/mol. The standard InChI is InChI=1S/CO2.Ca.Na.3H/c2-1-3;;;;;/q;+2;+1;3*-1. The zero-order valence-corrected chi connectivity index (χ0v) is 7.23. The van der Waals surface area contributed by atoms with E-state index in [1.807, 2.05) is 0 Å². The molecule has 0 aromatic heterocycles. The molecule has 0 aliphatic heterocycles. The molecule has 0 atom stereocenters. The maximum atomic E-state index is 8.12. The summed E-state index contributed by atoms with van der Waals surface area (Å²) >= 11 is 0. The van der Waals surface area contributed by atoms with Gasteiger partial charge in [0.25, 0.3) is 0 Å². The first-order chi connectivity index (χ1) is 1.41. The minimum Gasteiger partial charge on any atom is -1.00 e. The summed E-state index contributed by atoms with van der Waals surface area (Å²) in [7, 11) is 0. The van der Waals surface area contributed by atoms with Crippen LogP contribution < -0.4 is 29.6 Å². The van der Waals surface area contributed by atoms with Crippen LogP contribution in [-0.4, -0.2) is 43.9 Å². The molecule has 0 aromatic carbocycles. The van der Waals surface area contributed by atoms with Crippen LogP contribution in [0.3, 0.4) is 0 Å². The summed E-state index contributed by atoms with van der Waals surface area (Å²) in [6.45, 7) is 0. The second-order valence-corrected chi connectivity index (χ2v) is 0.0833. The molecule has 0 unspecified atom stereocenters. The number of carbonyl (C=O) groups excluding carboxylic acids is 2. The van der Waals surface area contributed by atoms with Gasteiger partial charge in [-0.05, 0) is 0 Å². The molecule has 0 saturated carbocycles. The van der Waals surface area contributed by atoms with Gasteiger partial charge in [0, 0.05) is 0 Å². The third-order valence-electron chi connectivity index (χ3n) is 0. The fourth-order valence-corrected chi connectivity index (χ4v) is 0. The van der Waals surface area contributed by atoms with Crippen LogP contribution in [0.25, 0.3) is 0 Å². The van der Waals surface area contributed by atoms with Gasteiger partial charge in [0.1, 0.15) is 0 Å². The molecule has 0 saturated heterocycles. The predicted molar refractivity (Wildman–Crippen MR) is 14.1 cm³/mol. The van der Waals surface area contributed by atoms with E-state index in [1.54, 1.807) is 0 Å². The molecule has 0 radical (unpaired) electrons. The second-order valence-electron chi connectivity index (χ2n) is 0.0833. The van der Waals surface area contributed by atoms with Crippen LogP contribution >= 0.6 is 0 Å². The Balaban J connectivity index is -0.00000000200. The molecule has 22 valence electrons. The molecule has 2 nitrogen and oxygen atoms in total. The number of hydrogen-bond acceptors (Lipinski definition) is 2. The van der Waals surface area contributed by atoms with Gasteiger partial charge < -0.3 is 4.28 Å². The Morgan fingerprint density at radius 1 is 1.40 bits per heavy atom. The maximum Gasteiger partial charge on any atom is 2.00 e. The van der Waals surface area contributed by atoms with E-state index in [4.69, 9.17) is 9.59 Å². The number of hydrogen-bond donors (Lipinski definition) is 0. The first-order valence-corrected chi connectivity index (χ1v) is 0.408. The third-order valence-corrected chi connectivity index (χ3v) is 0. The van der Waals surface area contributed by atoms with Crippen molar-refractivity contribution in [2.24, 2.45) is 0 Å². The van der Waals surface area contributed by atoms with Gasteiger partial charge in [-0.1, -0.05) is 0 Å². The minimum atomic E-state index is 0. The second kappa shape index (κ2) is 17.4. The molecule has 0 amide bonds. The Labute approximate surface area is 86.0 Å². The fraction of sp³-hybridized carbons (Fsp3) is 0. The van der Waals surface area contributed by atoms with Crippen molar-refractivity contribution in [2.75, 3.05) is 0 Å². The summed E-state index contributed by atoms with van der Waals surface area (Å²) in [5.74, 6) is 0. The zero-order chi connectivity index (χ0) is 2.71. The molecule has 5 heavy (non-hydrogen) atoms. The van der Waals surface area contributed by atoms with E-state index in [0.717, 1.165) is 0 Å². The molecule has 0 aliphatic rings. The Hall–Kier alpha value is 1.64. The largest absolute Gasteiger partial charge is 2.00 e. The van der Waals surface area contributed by atoms with Crippen molar-refractivity contribution in [3.05, 3.63) is 0 Å². The van der Waals surface area contributed by atoms with Crippen molar-refractivity contribution >= 4 is 43.9 Å². The molecule has 0 N–H and O–H groups in total.